The number of carbonyl (C=O) groups excluding carboxylic acids is 3. The normalized spacial score (nSPS) is 11.5. The quantitative estimate of drug-likeness (QED) is 0.625. The van der Waals surface area contributed by atoms with Crippen molar-refractivity contribution in [1.82, 2.24) is 16.2 Å². The Morgan fingerprint density at radius 3 is 2.21 bits per heavy atom. The largest absolute Gasteiger partial charge is 0.484 e. The number of hydrogen-bond donors (Lipinski definition) is 3. The first-order valence-corrected chi connectivity index (χ1v) is 9.42. The van der Waals surface area contributed by atoms with Gasteiger partial charge in [0.1, 0.15) is 11.8 Å². The smallest absolute Gasteiger partial charge is 0.276 e. The van der Waals surface area contributed by atoms with Crippen molar-refractivity contribution in [2.75, 3.05) is 6.61 Å². The Morgan fingerprint density at radius 2 is 1.59 bits per heavy atom. The van der Waals surface area contributed by atoms with Crippen molar-refractivity contribution < 1.29 is 19.1 Å². The lowest BCUT2D eigenvalue weighted by Crippen LogP contribution is -2.55. The lowest BCUT2D eigenvalue weighted by molar-refractivity contribution is -0.131. The Labute approximate surface area is 170 Å². The van der Waals surface area contributed by atoms with Crippen molar-refractivity contribution in [1.29, 1.82) is 0 Å². The second kappa shape index (κ2) is 10.3. The Kier molecular flexibility index (Phi) is 7.77. The van der Waals surface area contributed by atoms with Crippen molar-refractivity contribution in [2.45, 2.75) is 33.7 Å². The van der Waals surface area contributed by atoms with Crippen LogP contribution >= 0.6 is 0 Å². The van der Waals surface area contributed by atoms with E-state index in [9.17, 15) is 14.4 Å². The van der Waals surface area contributed by atoms with Crippen LogP contribution in [0.4, 0.5) is 0 Å². The van der Waals surface area contributed by atoms with E-state index < -0.39 is 17.9 Å². The molecule has 0 aliphatic rings. The Balaban J connectivity index is 1.87. The summed E-state index contributed by atoms with van der Waals surface area (Å²) in [7, 11) is 0. The molecule has 0 aromatic heterocycles. The molecule has 0 bridgehead atoms. The Bertz CT molecular complexity index is 880. The van der Waals surface area contributed by atoms with E-state index in [1.165, 1.54) is 0 Å². The maximum absolute atomic E-state index is 12.5. The van der Waals surface area contributed by atoms with Crippen LogP contribution in [0.2, 0.25) is 0 Å². The lowest BCUT2D eigenvalue weighted by Gasteiger charge is -2.22. The maximum Gasteiger partial charge on any atom is 0.276 e. The third-order valence-corrected chi connectivity index (χ3v) is 4.20. The number of aryl methyl sites for hydroxylation is 2. The number of nitrogens with one attached hydrogen (secondary N) is 3. The highest BCUT2D eigenvalue weighted by Gasteiger charge is 2.25. The fourth-order valence-electron chi connectivity index (χ4n) is 2.64. The number of hydrazine groups is 1. The van der Waals surface area contributed by atoms with Crippen molar-refractivity contribution >= 4 is 17.7 Å². The zero-order valence-electron chi connectivity index (χ0n) is 17.1. The van der Waals surface area contributed by atoms with E-state index in [0.717, 1.165) is 11.1 Å². The summed E-state index contributed by atoms with van der Waals surface area (Å²) in [6.45, 7) is 7.18. The van der Waals surface area contributed by atoms with Gasteiger partial charge in [-0.1, -0.05) is 43.7 Å². The summed E-state index contributed by atoms with van der Waals surface area (Å²) < 4.78 is 5.39. The molecule has 0 saturated carbocycles. The first-order chi connectivity index (χ1) is 13.8. The summed E-state index contributed by atoms with van der Waals surface area (Å²) >= 11 is 0. The molecule has 0 aliphatic heterocycles. The van der Waals surface area contributed by atoms with Crippen molar-refractivity contribution in [2.24, 2.45) is 5.92 Å². The number of amides is 3. The SMILES string of the molecule is Cc1cccc(OCC(=O)NNC(=O)[C@@H](NC(=O)c2cccc(C)c2)C(C)C)c1. The second-order valence-corrected chi connectivity index (χ2v) is 7.21. The molecule has 154 valence electrons. The third kappa shape index (κ3) is 6.95. The predicted molar refractivity (Wildman–Crippen MR) is 110 cm³/mol. The Hall–Kier alpha value is -3.35. The number of carbonyl (C=O) groups is 3. The minimum Gasteiger partial charge on any atom is -0.484 e. The zero-order chi connectivity index (χ0) is 21.4. The first kappa shape index (κ1) is 21.9. The van der Waals surface area contributed by atoms with E-state index in [1.54, 1.807) is 24.3 Å². The highest BCUT2D eigenvalue weighted by Crippen LogP contribution is 2.12. The zero-order valence-corrected chi connectivity index (χ0v) is 17.1. The molecule has 2 rings (SSSR count). The van der Waals surface area contributed by atoms with Crippen LogP contribution in [0, 0.1) is 19.8 Å². The van der Waals surface area contributed by atoms with Crippen molar-refractivity contribution in [3.05, 3.63) is 65.2 Å². The molecule has 0 heterocycles. The van der Waals surface area contributed by atoms with Crippen LogP contribution in [0.5, 0.6) is 5.75 Å². The van der Waals surface area contributed by atoms with E-state index in [-0.39, 0.29) is 18.4 Å². The van der Waals surface area contributed by atoms with Gasteiger partial charge >= 0.3 is 0 Å². The average Bonchev–Trinajstić information content (AvgIpc) is 2.68. The molecular formula is C22H27N3O4. The number of hydrogen-bond acceptors (Lipinski definition) is 4. The molecule has 0 saturated heterocycles. The molecular weight excluding hydrogens is 370 g/mol. The molecule has 29 heavy (non-hydrogen) atoms. The van der Waals surface area contributed by atoms with Gasteiger partial charge in [-0.2, -0.15) is 0 Å². The molecule has 2 aromatic carbocycles. The van der Waals surface area contributed by atoms with E-state index in [1.807, 2.05) is 52.0 Å². The number of rotatable bonds is 7. The monoisotopic (exact) mass is 397 g/mol. The van der Waals surface area contributed by atoms with Crippen LogP contribution in [-0.4, -0.2) is 30.4 Å². The first-order valence-electron chi connectivity index (χ1n) is 9.42. The van der Waals surface area contributed by atoms with E-state index in [0.29, 0.717) is 11.3 Å². The van der Waals surface area contributed by atoms with Gasteiger partial charge in [0.25, 0.3) is 17.7 Å². The molecule has 7 nitrogen and oxygen atoms in total. The molecule has 0 unspecified atom stereocenters. The summed E-state index contributed by atoms with van der Waals surface area (Å²) in [5.41, 5.74) is 7.09. The van der Waals surface area contributed by atoms with Crippen LogP contribution in [0.3, 0.4) is 0 Å². The van der Waals surface area contributed by atoms with Gasteiger partial charge in [-0.15, -0.1) is 0 Å². The van der Waals surface area contributed by atoms with Gasteiger partial charge in [-0.05, 0) is 49.6 Å². The van der Waals surface area contributed by atoms with Crippen molar-refractivity contribution in [3.63, 3.8) is 0 Å². The number of ether oxygens (including phenoxy) is 1. The minimum absolute atomic E-state index is 0.177. The summed E-state index contributed by atoms with van der Waals surface area (Å²) in [6, 6.07) is 13.6. The molecule has 0 spiro atoms. The predicted octanol–water partition coefficient (Wildman–Crippen LogP) is 2.28. The van der Waals surface area contributed by atoms with Gasteiger partial charge in [0.2, 0.25) is 0 Å². The fourth-order valence-corrected chi connectivity index (χ4v) is 2.64. The van der Waals surface area contributed by atoms with Crippen LogP contribution in [-0.2, 0) is 9.59 Å². The van der Waals surface area contributed by atoms with Crippen LogP contribution in [0.25, 0.3) is 0 Å². The molecule has 0 aliphatic carbocycles. The van der Waals surface area contributed by atoms with Gasteiger partial charge in [0, 0.05) is 5.56 Å². The fraction of sp³-hybridized carbons (Fsp3) is 0.318. The molecule has 3 amide bonds. The lowest BCUT2D eigenvalue weighted by atomic mass is 10.0. The summed E-state index contributed by atoms with van der Waals surface area (Å²) in [5.74, 6) is -0.977. The number of benzene rings is 2. The highest BCUT2D eigenvalue weighted by molar-refractivity contribution is 5.98. The average molecular weight is 397 g/mol. The van der Waals surface area contributed by atoms with E-state index in [4.69, 9.17) is 4.74 Å². The van der Waals surface area contributed by atoms with Gasteiger partial charge in [-0.3, -0.25) is 25.2 Å². The summed E-state index contributed by atoms with van der Waals surface area (Å²) in [6.07, 6.45) is 0. The van der Waals surface area contributed by atoms with Gasteiger partial charge in [-0.25, -0.2) is 0 Å². The van der Waals surface area contributed by atoms with Crippen LogP contribution in [0.1, 0.15) is 35.3 Å². The highest BCUT2D eigenvalue weighted by atomic mass is 16.5. The van der Waals surface area contributed by atoms with E-state index in [2.05, 4.69) is 16.2 Å². The van der Waals surface area contributed by atoms with Gasteiger partial charge in [0.15, 0.2) is 6.61 Å². The third-order valence-electron chi connectivity index (χ3n) is 4.20. The van der Waals surface area contributed by atoms with Crippen molar-refractivity contribution in [3.8, 4) is 5.75 Å². The standard InChI is InChI=1S/C22H27N3O4/c1-14(2)20(23-21(27)17-9-5-7-15(3)11-17)22(28)25-24-19(26)13-29-18-10-6-8-16(4)12-18/h5-12,14,20H,13H2,1-4H3,(H,23,27)(H,24,26)(H,25,28)/t20-/m0/s1. The molecule has 3 N–H and O–H groups in total. The van der Waals surface area contributed by atoms with Gasteiger partial charge < -0.3 is 10.1 Å². The summed E-state index contributed by atoms with van der Waals surface area (Å²) in [4.78, 5) is 36.8. The van der Waals surface area contributed by atoms with Crippen LogP contribution < -0.4 is 20.9 Å². The van der Waals surface area contributed by atoms with E-state index >= 15 is 0 Å². The molecule has 0 radical (unpaired) electrons. The second-order valence-electron chi connectivity index (χ2n) is 7.21. The van der Waals surface area contributed by atoms with Crippen LogP contribution in [0.15, 0.2) is 48.5 Å². The summed E-state index contributed by atoms with van der Waals surface area (Å²) in [5, 5.41) is 2.71. The minimum atomic E-state index is -0.805. The molecule has 2 aromatic rings. The molecule has 7 heteroatoms. The van der Waals surface area contributed by atoms with Gasteiger partial charge in [0.05, 0.1) is 0 Å². The molecule has 0 fully saturated rings. The topological polar surface area (TPSA) is 96.5 Å². The maximum atomic E-state index is 12.5. The Morgan fingerprint density at radius 1 is 0.931 bits per heavy atom. The molecule has 1 atom stereocenters.